The van der Waals surface area contributed by atoms with Gasteiger partial charge in [0.2, 0.25) is 0 Å². The van der Waals surface area contributed by atoms with E-state index in [2.05, 4.69) is 51.1 Å². The molecule has 0 fully saturated rings. The van der Waals surface area contributed by atoms with Gasteiger partial charge in [0, 0.05) is 18.0 Å². The van der Waals surface area contributed by atoms with Crippen molar-refractivity contribution in [3.8, 4) is 22.9 Å². The van der Waals surface area contributed by atoms with Gasteiger partial charge in [-0.15, -0.1) is 0 Å². The molecule has 0 atom stereocenters. The molecule has 20 heavy (non-hydrogen) atoms. The summed E-state index contributed by atoms with van der Waals surface area (Å²) < 4.78 is 0. The summed E-state index contributed by atoms with van der Waals surface area (Å²) in [6.07, 6.45) is 4.92. The molecule has 2 heterocycles. The quantitative estimate of drug-likeness (QED) is 0.790. The Balaban J connectivity index is 1.90. The van der Waals surface area contributed by atoms with Crippen molar-refractivity contribution in [1.29, 1.82) is 0 Å². The Hall–Kier alpha value is -2.56. The molecule has 2 aromatic heterocycles. The van der Waals surface area contributed by atoms with E-state index in [1.807, 2.05) is 12.1 Å². The van der Waals surface area contributed by atoms with E-state index in [0.717, 1.165) is 5.56 Å². The molecule has 1 N–H and O–H groups in total. The van der Waals surface area contributed by atoms with Crippen LogP contribution in [0.3, 0.4) is 0 Å². The summed E-state index contributed by atoms with van der Waals surface area (Å²) in [5, 5.41) is 7.13. The van der Waals surface area contributed by atoms with Crippen LogP contribution in [0.5, 0.6) is 0 Å². The Bertz CT molecular complexity index is 686. The van der Waals surface area contributed by atoms with Crippen LogP contribution in [0.4, 0.5) is 0 Å². The second-order valence-electron chi connectivity index (χ2n) is 4.87. The van der Waals surface area contributed by atoms with Crippen molar-refractivity contribution >= 4 is 0 Å². The van der Waals surface area contributed by atoms with Crippen LogP contribution >= 0.6 is 0 Å². The maximum atomic E-state index is 4.46. The summed E-state index contributed by atoms with van der Waals surface area (Å²) in [6.45, 7) is 4.35. The summed E-state index contributed by atoms with van der Waals surface area (Å²) in [5.41, 5.74) is 2.98. The first kappa shape index (κ1) is 12.5. The predicted octanol–water partition coefficient (Wildman–Crippen LogP) is 3.05. The van der Waals surface area contributed by atoms with Gasteiger partial charge in [-0.2, -0.15) is 5.10 Å². The zero-order valence-electron chi connectivity index (χ0n) is 11.4. The third-order valence-corrected chi connectivity index (χ3v) is 3.13. The van der Waals surface area contributed by atoms with Crippen LogP contribution < -0.4 is 0 Å². The minimum atomic E-state index is 0.520. The van der Waals surface area contributed by atoms with Crippen LogP contribution in [0.25, 0.3) is 22.9 Å². The molecular weight excluding hydrogens is 250 g/mol. The van der Waals surface area contributed by atoms with Crippen LogP contribution in [0, 0.1) is 0 Å². The standard InChI is InChI=1S/C15H15N5/c1-10(2)11-3-5-12(6-4-11)14-18-15(20-19-14)13-9-16-7-8-17-13/h3-10H,1-2H3,(H,18,19,20). The molecule has 0 aliphatic rings. The van der Waals surface area contributed by atoms with Crippen LogP contribution in [-0.2, 0) is 0 Å². The average molecular weight is 265 g/mol. The summed E-state index contributed by atoms with van der Waals surface area (Å²) in [5.74, 6) is 1.81. The van der Waals surface area contributed by atoms with Crippen molar-refractivity contribution in [2.45, 2.75) is 19.8 Å². The van der Waals surface area contributed by atoms with E-state index in [-0.39, 0.29) is 0 Å². The Morgan fingerprint density at radius 1 is 1.05 bits per heavy atom. The first-order valence-corrected chi connectivity index (χ1v) is 6.53. The fraction of sp³-hybridized carbons (Fsp3) is 0.200. The van der Waals surface area contributed by atoms with Crippen LogP contribution in [-0.4, -0.2) is 25.1 Å². The number of H-pyrrole nitrogens is 1. The van der Waals surface area contributed by atoms with E-state index in [4.69, 9.17) is 0 Å². The molecule has 3 rings (SSSR count). The van der Waals surface area contributed by atoms with E-state index in [1.54, 1.807) is 18.6 Å². The van der Waals surface area contributed by atoms with Gasteiger partial charge >= 0.3 is 0 Å². The van der Waals surface area contributed by atoms with Crippen molar-refractivity contribution in [3.63, 3.8) is 0 Å². The fourth-order valence-electron chi connectivity index (χ4n) is 1.94. The summed E-state index contributed by atoms with van der Waals surface area (Å²) in [4.78, 5) is 12.7. The highest BCUT2D eigenvalue weighted by Crippen LogP contribution is 2.21. The molecule has 0 amide bonds. The normalized spacial score (nSPS) is 10.9. The largest absolute Gasteiger partial charge is 0.261 e. The van der Waals surface area contributed by atoms with Crippen molar-refractivity contribution in [2.75, 3.05) is 0 Å². The monoisotopic (exact) mass is 265 g/mol. The number of aromatic amines is 1. The summed E-state index contributed by atoms with van der Waals surface area (Å²) in [6, 6.07) is 8.30. The molecule has 0 radical (unpaired) electrons. The first-order valence-electron chi connectivity index (χ1n) is 6.53. The first-order chi connectivity index (χ1) is 9.74. The van der Waals surface area contributed by atoms with Gasteiger partial charge < -0.3 is 0 Å². The molecule has 5 heteroatoms. The smallest absolute Gasteiger partial charge is 0.181 e. The molecular formula is C15H15N5. The summed E-state index contributed by atoms with van der Waals surface area (Å²) in [7, 11) is 0. The van der Waals surface area contributed by atoms with E-state index in [9.17, 15) is 0 Å². The van der Waals surface area contributed by atoms with Crippen LogP contribution in [0.15, 0.2) is 42.9 Å². The highest BCUT2D eigenvalue weighted by atomic mass is 15.2. The molecule has 3 aromatic rings. The Morgan fingerprint density at radius 3 is 2.50 bits per heavy atom. The lowest BCUT2D eigenvalue weighted by molar-refractivity contribution is 0.867. The molecule has 100 valence electrons. The minimum absolute atomic E-state index is 0.520. The number of benzene rings is 1. The van der Waals surface area contributed by atoms with Crippen molar-refractivity contribution in [2.24, 2.45) is 0 Å². The highest BCUT2D eigenvalue weighted by Gasteiger charge is 2.09. The maximum Gasteiger partial charge on any atom is 0.181 e. The Morgan fingerprint density at radius 2 is 1.85 bits per heavy atom. The van der Waals surface area contributed by atoms with Gasteiger partial charge in [-0.25, -0.2) is 9.97 Å². The maximum absolute atomic E-state index is 4.46. The van der Waals surface area contributed by atoms with Crippen LogP contribution in [0.1, 0.15) is 25.3 Å². The SMILES string of the molecule is CC(C)c1ccc(-c2n[nH]c(-c3cnccn3)n2)cc1. The van der Waals surface area contributed by atoms with Gasteiger partial charge in [0.25, 0.3) is 0 Å². The number of hydrogen-bond acceptors (Lipinski definition) is 4. The Kier molecular flexibility index (Phi) is 3.25. The van der Waals surface area contributed by atoms with E-state index in [0.29, 0.717) is 23.3 Å². The van der Waals surface area contributed by atoms with Crippen molar-refractivity contribution in [3.05, 3.63) is 48.4 Å². The summed E-state index contributed by atoms with van der Waals surface area (Å²) >= 11 is 0. The average Bonchev–Trinajstić information content (AvgIpc) is 2.98. The third-order valence-electron chi connectivity index (χ3n) is 3.13. The molecule has 5 nitrogen and oxygen atoms in total. The van der Waals surface area contributed by atoms with E-state index in [1.165, 1.54) is 5.56 Å². The number of hydrogen-bond donors (Lipinski definition) is 1. The number of aromatic nitrogens is 5. The number of rotatable bonds is 3. The van der Waals surface area contributed by atoms with Gasteiger partial charge in [0.05, 0.1) is 6.20 Å². The third kappa shape index (κ3) is 2.42. The van der Waals surface area contributed by atoms with Crippen molar-refractivity contribution in [1.82, 2.24) is 25.1 Å². The fourth-order valence-corrected chi connectivity index (χ4v) is 1.94. The number of nitrogens with zero attached hydrogens (tertiary/aromatic N) is 4. The zero-order valence-corrected chi connectivity index (χ0v) is 11.4. The van der Waals surface area contributed by atoms with Crippen LogP contribution in [0.2, 0.25) is 0 Å². The molecule has 0 aliphatic heterocycles. The van der Waals surface area contributed by atoms with Crippen molar-refractivity contribution < 1.29 is 0 Å². The van der Waals surface area contributed by atoms with Gasteiger partial charge in [0.1, 0.15) is 5.69 Å². The molecule has 0 unspecified atom stereocenters. The highest BCUT2D eigenvalue weighted by molar-refractivity contribution is 5.58. The lowest BCUT2D eigenvalue weighted by Crippen LogP contribution is -1.88. The second kappa shape index (κ2) is 5.21. The molecule has 0 bridgehead atoms. The topological polar surface area (TPSA) is 67.3 Å². The minimum Gasteiger partial charge on any atom is -0.261 e. The van der Waals surface area contributed by atoms with E-state index >= 15 is 0 Å². The number of nitrogens with one attached hydrogen (secondary N) is 1. The van der Waals surface area contributed by atoms with Gasteiger partial charge in [0.15, 0.2) is 11.6 Å². The lowest BCUT2D eigenvalue weighted by Gasteiger charge is -2.04. The molecule has 0 spiro atoms. The zero-order chi connectivity index (χ0) is 13.9. The molecule has 0 aliphatic carbocycles. The Labute approximate surface area is 117 Å². The molecule has 0 saturated heterocycles. The van der Waals surface area contributed by atoms with E-state index < -0.39 is 0 Å². The second-order valence-corrected chi connectivity index (χ2v) is 4.87. The molecule has 1 aromatic carbocycles. The lowest BCUT2D eigenvalue weighted by atomic mass is 10.0. The van der Waals surface area contributed by atoms with Gasteiger partial charge in [-0.1, -0.05) is 38.1 Å². The van der Waals surface area contributed by atoms with Gasteiger partial charge in [-0.05, 0) is 11.5 Å². The van der Waals surface area contributed by atoms with Gasteiger partial charge in [-0.3, -0.25) is 10.1 Å². The molecule has 0 saturated carbocycles. The predicted molar refractivity (Wildman–Crippen MR) is 76.9 cm³/mol.